The van der Waals surface area contributed by atoms with Crippen LogP contribution in [0.15, 0.2) is 59.6 Å². The number of carbonyl (C=O) groups excluding carboxylic acids is 2. The number of rotatable bonds is 8. The summed E-state index contributed by atoms with van der Waals surface area (Å²) in [4.78, 5) is 27.3. The predicted octanol–water partition coefficient (Wildman–Crippen LogP) is 3.55. The zero-order valence-electron chi connectivity index (χ0n) is 19.5. The molecule has 180 valence electrons. The molecule has 0 aliphatic carbocycles. The van der Waals surface area contributed by atoms with Crippen LogP contribution in [0.25, 0.3) is 10.9 Å². The molecular formula is C25H30N4O4S. The zero-order valence-corrected chi connectivity index (χ0v) is 20.3. The summed E-state index contributed by atoms with van der Waals surface area (Å²) in [5, 5.41) is 3.75. The maximum Gasteiger partial charge on any atom is 0.255 e. The van der Waals surface area contributed by atoms with Crippen LogP contribution in [0, 0.1) is 0 Å². The molecule has 9 heteroatoms. The SMILES string of the molecule is CCN(CC)C(=O)Cn1ccc2cc(NC(=O)c3cccc(S(=O)(=O)N4CCCC4)c3)ccc21. The van der Waals surface area contributed by atoms with Crippen LogP contribution in [0.3, 0.4) is 0 Å². The van der Waals surface area contributed by atoms with E-state index in [9.17, 15) is 18.0 Å². The third-order valence-corrected chi connectivity index (χ3v) is 8.14. The van der Waals surface area contributed by atoms with Gasteiger partial charge in [-0.15, -0.1) is 0 Å². The Morgan fingerprint density at radius 2 is 1.74 bits per heavy atom. The number of aromatic nitrogens is 1. The van der Waals surface area contributed by atoms with E-state index in [4.69, 9.17) is 0 Å². The van der Waals surface area contributed by atoms with Crippen molar-refractivity contribution in [3.63, 3.8) is 0 Å². The van der Waals surface area contributed by atoms with Crippen LogP contribution in [-0.2, 0) is 21.4 Å². The third-order valence-electron chi connectivity index (χ3n) is 6.25. The predicted molar refractivity (Wildman–Crippen MR) is 132 cm³/mol. The summed E-state index contributed by atoms with van der Waals surface area (Å²) in [5.74, 6) is -0.322. The van der Waals surface area contributed by atoms with Crippen molar-refractivity contribution in [2.24, 2.45) is 0 Å². The minimum atomic E-state index is -3.59. The summed E-state index contributed by atoms with van der Waals surface area (Å²) in [7, 11) is -3.59. The van der Waals surface area contributed by atoms with Gasteiger partial charge in [0.1, 0.15) is 6.54 Å². The lowest BCUT2D eigenvalue weighted by molar-refractivity contribution is -0.131. The molecule has 3 aromatic rings. The fraction of sp³-hybridized carbons (Fsp3) is 0.360. The Hall–Kier alpha value is -3.17. The molecule has 1 saturated heterocycles. The molecular weight excluding hydrogens is 452 g/mol. The number of carbonyl (C=O) groups is 2. The van der Waals surface area contributed by atoms with Crippen molar-refractivity contribution in [1.29, 1.82) is 0 Å². The Morgan fingerprint density at radius 3 is 2.44 bits per heavy atom. The van der Waals surface area contributed by atoms with Gasteiger partial charge in [-0.05, 0) is 69.2 Å². The summed E-state index contributed by atoms with van der Waals surface area (Å²) >= 11 is 0. The van der Waals surface area contributed by atoms with E-state index in [-0.39, 0.29) is 28.8 Å². The molecule has 0 bridgehead atoms. The van der Waals surface area contributed by atoms with E-state index in [0.29, 0.717) is 31.9 Å². The number of hydrogen-bond donors (Lipinski definition) is 1. The number of nitrogens with one attached hydrogen (secondary N) is 1. The average molecular weight is 483 g/mol. The number of likely N-dealkylation sites (N-methyl/N-ethyl adjacent to an activating group) is 1. The standard InChI is InChI=1S/C25H30N4O4S/c1-3-27(4-2)24(30)18-28-15-12-19-16-21(10-11-23(19)28)26-25(31)20-8-7-9-22(17-20)34(32,33)29-13-5-6-14-29/h7-12,15-17H,3-6,13-14,18H2,1-2H3,(H,26,31). The molecule has 0 spiro atoms. The fourth-order valence-electron chi connectivity index (χ4n) is 4.32. The lowest BCUT2D eigenvalue weighted by Gasteiger charge is -2.19. The molecule has 4 rings (SSSR count). The minimum absolute atomic E-state index is 0.0589. The molecule has 1 aliphatic rings. The van der Waals surface area contributed by atoms with Crippen LogP contribution < -0.4 is 5.32 Å². The van der Waals surface area contributed by atoms with E-state index >= 15 is 0 Å². The van der Waals surface area contributed by atoms with E-state index in [1.165, 1.54) is 16.4 Å². The topological polar surface area (TPSA) is 91.7 Å². The van der Waals surface area contributed by atoms with Gasteiger partial charge in [0.05, 0.1) is 4.90 Å². The van der Waals surface area contributed by atoms with Crippen LogP contribution in [0.2, 0.25) is 0 Å². The highest BCUT2D eigenvalue weighted by Crippen LogP contribution is 2.24. The van der Waals surface area contributed by atoms with Crippen LogP contribution in [0.5, 0.6) is 0 Å². The molecule has 1 fully saturated rings. The molecule has 34 heavy (non-hydrogen) atoms. The first-order valence-electron chi connectivity index (χ1n) is 11.6. The molecule has 0 unspecified atom stereocenters. The summed E-state index contributed by atoms with van der Waals surface area (Å²) in [6, 6.07) is 13.5. The van der Waals surface area contributed by atoms with Gasteiger partial charge >= 0.3 is 0 Å². The largest absolute Gasteiger partial charge is 0.342 e. The van der Waals surface area contributed by atoms with Crippen molar-refractivity contribution < 1.29 is 18.0 Å². The zero-order chi connectivity index (χ0) is 24.3. The smallest absolute Gasteiger partial charge is 0.255 e. The highest BCUT2D eigenvalue weighted by atomic mass is 32.2. The maximum absolute atomic E-state index is 12.9. The normalized spacial score (nSPS) is 14.4. The third kappa shape index (κ3) is 4.85. The van der Waals surface area contributed by atoms with Crippen molar-refractivity contribution in [3.8, 4) is 0 Å². The number of fused-ring (bicyclic) bond motifs is 1. The second kappa shape index (κ2) is 9.99. The lowest BCUT2D eigenvalue weighted by atomic mass is 10.2. The van der Waals surface area contributed by atoms with Gasteiger partial charge in [-0.1, -0.05) is 6.07 Å². The highest BCUT2D eigenvalue weighted by Gasteiger charge is 2.27. The van der Waals surface area contributed by atoms with Crippen LogP contribution >= 0.6 is 0 Å². The van der Waals surface area contributed by atoms with E-state index < -0.39 is 10.0 Å². The molecule has 1 N–H and O–H groups in total. The van der Waals surface area contributed by atoms with Crippen LogP contribution in [0.1, 0.15) is 37.0 Å². The Morgan fingerprint density at radius 1 is 1.00 bits per heavy atom. The number of benzene rings is 2. The van der Waals surface area contributed by atoms with E-state index in [0.717, 1.165) is 23.7 Å². The number of amides is 2. The van der Waals surface area contributed by atoms with Crippen molar-refractivity contribution in [2.45, 2.75) is 38.1 Å². The Balaban J connectivity index is 1.50. The molecule has 0 saturated carbocycles. The number of hydrogen-bond acceptors (Lipinski definition) is 4. The van der Waals surface area contributed by atoms with Gasteiger partial charge in [0.2, 0.25) is 15.9 Å². The molecule has 2 amide bonds. The van der Waals surface area contributed by atoms with Crippen molar-refractivity contribution >= 4 is 38.4 Å². The average Bonchev–Trinajstić information content (AvgIpc) is 3.51. The van der Waals surface area contributed by atoms with Crippen molar-refractivity contribution in [1.82, 2.24) is 13.8 Å². The second-order valence-corrected chi connectivity index (χ2v) is 10.3. The van der Waals surface area contributed by atoms with Gasteiger partial charge < -0.3 is 14.8 Å². The van der Waals surface area contributed by atoms with E-state index in [2.05, 4.69) is 5.32 Å². The first-order chi connectivity index (χ1) is 16.3. The van der Waals surface area contributed by atoms with Gasteiger partial charge in [0, 0.05) is 54.5 Å². The highest BCUT2D eigenvalue weighted by molar-refractivity contribution is 7.89. The molecule has 2 aromatic carbocycles. The minimum Gasteiger partial charge on any atom is -0.342 e. The van der Waals surface area contributed by atoms with Gasteiger partial charge in [0.15, 0.2) is 0 Å². The first kappa shape index (κ1) is 24.0. The van der Waals surface area contributed by atoms with Crippen molar-refractivity contribution in [2.75, 3.05) is 31.5 Å². The number of sulfonamides is 1. The van der Waals surface area contributed by atoms with Crippen LogP contribution in [0.4, 0.5) is 5.69 Å². The quantitative estimate of drug-likeness (QED) is 0.532. The lowest BCUT2D eigenvalue weighted by Crippen LogP contribution is -2.33. The summed E-state index contributed by atoms with van der Waals surface area (Å²) in [5.41, 5.74) is 1.78. The van der Waals surface area contributed by atoms with E-state index in [1.807, 2.05) is 42.8 Å². The van der Waals surface area contributed by atoms with Gasteiger partial charge in [-0.25, -0.2) is 8.42 Å². The van der Waals surface area contributed by atoms with E-state index in [1.54, 1.807) is 23.1 Å². The van der Waals surface area contributed by atoms with Gasteiger partial charge in [-0.2, -0.15) is 4.31 Å². The van der Waals surface area contributed by atoms with Crippen LogP contribution in [-0.4, -0.2) is 60.2 Å². The molecule has 1 aliphatic heterocycles. The number of anilines is 1. The second-order valence-electron chi connectivity index (χ2n) is 8.38. The molecule has 0 atom stereocenters. The Labute approximate surface area is 200 Å². The maximum atomic E-state index is 12.9. The molecule has 8 nitrogen and oxygen atoms in total. The Kier molecular flexibility index (Phi) is 7.04. The molecule has 0 radical (unpaired) electrons. The molecule has 2 heterocycles. The van der Waals surface area contributed by atoms with Gasteiger partial charge in [-0.3, -0.25) is 9.59 Å². The Bertz CT molecular complexity index is 1310. The van der Waals surface area contributed by atoms with Gasteiger partial charge in [0.25, 0.3) is 5.91 Å². The summed E-state index contributed by atoms with van der Waals surface area (Å²) in [6.07, 6.45) is 3.57. The molecule has 1 aromatic heterocycles. The fourth-order valence-corrected chi connectivity index (χ4v) is 5.88. The summed E-state index contributed by atoms with van der Waals surface area (Å²) in [6.45, 7) is 6.55. The van der Waals surface area contributed by atoms with Crippen molar-refractivity contribution in [3.05, 3.63) is 60.3 Å². The summed E-state index contributed by atoms with van der Waals surface area (Å²) < 4.78 is 29.0. The first-order valence-corrected chi connectivity index (χ1v) is 13.1. The monoisotopic (exact) mass is 482 g/mol. The number of nitrogens with zero attached hydrogens (tertiary/aromatic N) is 3.